The predicted molar refractivity (Wildman–Crippen MR) is 90.5 cm³/mol. The maximum absolute atomic E-state index is 12.2. The number of carbonyl (C=O) groups excluding carboxylic acids is 1. The van der Waals surface area contributed by atoms with Gasteiger partial charge in [0.15, 0.2) is 0 Å². The smallest absolute Gasteiger partial charge is 0.251 e. The number of amides is 1. The first-order chi connectivity index (χ1) is 10.7. The van der Waals surface area contributed by atoms with Crippen molar-refractivity contribution >= 4 is 5.91 Å². The lowest BCUT2D eigenvalue weighted by atomic mass is 10.2. The van der Waals surface area contributed by atoms with Crippen LogP contribution in [-0.2, 0) is 0 Å². The zero-order chi connectivity index (χ0) is 15.9. The molecule has 0 bridgehead atoms. The molecule has 2 rings (SSSR count). The summed E-state index contributed by atoms with van der Waals surface area (Å²) in [5, 5.41) is 3.01. The Hall–Kier alpha value is -2.07. The summed E-state index contributed by atoms with van der Waals surface area (Å²) in [5.74, 6) is -0.0157. The van der Waals surface area contributed by atoms with Crippen LogP contribution < -0.4 is 5.32 Å². The molecule has 0 spiro atoms. The number of hydrogen-bond acceptors (Lipinski definition) is 2. The van der Waals surface area contributed by atoms with Crippen LogP contribution in [0.15, 0.2) is 48.8 Å². The van der Waals surface area contributed by atoms with Crippen molar-refractivity contribution in [1.29, 1.82) is 0 Å². The quantitative estimate of drug-likeness (QED) is 0.853. The number of carbonyl (C=O) groups is 1. The Morgan fingerprint density at radius 3 is 2.27 bits per heavy atom. The number of hydrogen-bond donors (Lipinski definition) is 1. The van der Waals surface area contributed by atoms with Gasteiger partial charge in [-0.15, -0.1) is 0 Å². The summed E-state index contributed by atoms with van der Waals surface area (Å²) in [5.41, 5.74) is 1.75. The molecular weight excluding hydrogens is 274 g/mol. The zero-order valence-corrected chi connectivity index (χ0v) is 13.6. The van der Waals surface area contributed by atoms with E-state index in [1.54, 1.807) is 0 Å². The van der Waals surface area contributed by atoms with Gasteiger partial charge in [0.2, 0.25) is 0 Å². The van der Waals surface area contributed by atoms with E-state index in [0.29, 0.717) is 18.2 Å². The average Bonchev–Trinajstić information content (AvgIpc) is 3.08. The Kier molecular flexibility index (Phi) is 5.78. The van der Waals surface area contributed by atoms with Gasteiger partial charge in [-0.25, -0.2) is 0 Å². The van der Waals surface area contributed by atoms with Gasteiger partial charge in [0.05, 0.1) is 0 Å². The van der Waals surface area contributed by atoms with Crippen LogP contribution >= 0.6 is 0 Å². The molecule has 0 saturated heterocycles. The van der Waals surface area contributed by atoms with Crippen molar-refractivity contribution in [2.75, 3.05) is 19.6 Å². The molecule has 0 saturated carbocycles. The SMILES string of the molecule is CCN(CC)C(C)CNC(=O)c1ccc(-n2cccc2)cc1. The molecule has 0 radical (unpaired) electrons. The summed E-state index contributed by atoms with van der Waals surface area (Å²) < 4.78 is 2.02. The lowest BCUT2D eigenvalue weighted by molar-refractivity contribution is 0.0938. The van der Waals surface area contributed by atoms with Gasteiger partial charge < -0.3 is 9.88 Å². The number of nitrogens with one attached hydrogen (secondary N) is 1. The molecule has 1 aromatic heterocycles. The number of rotatable bonds is 7. The van der Waals surface area contributed by atoms with E-state index in [4.69, 9.17) is 0 Å². The maximum atomic E-state index is 12.2. The van der Waals surface area contributed by atoms with E-state index in [1.807, 2.05) is 53.4 Å². The maximum Gasteiger partial charge on any atom is 0.251 e. The highest BCUT2D eigenvalue weighted by Gasteiger charge is 2.12. The largest absolute Gasteiger partial charge is 0.350 e. The second kappa shape index (κ2) is 7.80. The lowest BCUT2D eigenvalue weighted by Gasteiger charge is -2.26. The first kappa shape index (κ1) is 16.3. The Balaban J connectivity index is 1.93. The number of benzene rings is 1. The summed E-state index contributed by atoms with van der Waals surface area (Å²) in [6.45, 7) is 9.09. The fourth-order valence-electron chi connectivity index (χ4n) is 2.61. The zero-order valence-electron chi connectivity index (χ0n) is 13.6. The first-order valence-corrected chi connectivity index (χ1v) is 7.91. The molecule has 22 heavy (non-hydrogen) atoms. The van der Waals surface area contributed by atoms with Crippen molar-refractivity contribution in [3.63, 3.8) is 0 Å². The minimum atomic E-state index is -0.0157. The van der Waals surface area contributed by atoms with Crippen LogP contribution in [0.4, 0.5) is 0 Å². The molecule has 1 amide bonds. The molecule has 1 aromatic carbocycles. The summed E-state index contributed by atoms with van der Waals surface area (Å²) in [6, 6.07) is 12.0. The number of nitrogens with zero attached hydrogens (tertiary/aromatic N) is 2. The third-order valence-electron chi connectivity index (χ3n) is 4.03. The molecule has 4 nitrogen and oxygen atoms in total. The highest BCUT2D eigenvalue weighted by Crippen LogP contribution is 2.10. The van der Waals surface area contributed by atoms with E-state index in [9.17, 15) is 4.79 Å². The van der Waals surface area contributed by atoms with Gasteiger partial charge in [-0.05, 0) is 56.4 Å². The van der Waals surface area contributed by atoms with Gasteiger partial charge in [0.1, 0.15) is 0 Å². The van der Waals surface area contributed by atoms with E-state index in [-0.39, 0.29) is 5.91 Å². The normalized spacial score (nSPS) is 12.4. The summed E-state index contributed by atoms with van der Waals surface area (Å²) >= 11 is 0. The molecule has 0 aliphatic carbocycles. The average molecular weight is 299 g/mol. The fourth-order valence-corrected chi connectivity index (χ4v) is 2.61. The number of likely N-dealkylation sites (N-methyl/N-ethyl adjacent to an activating group) is 1. The van der Waals surface area contributed by atoms with Crippen LogP contribution in [0.25, 0.3) is 5.69 Å². The van der Waals surface area contributed by atoms with E-state index in [2.05, 4.69) is 31.0 Å². The third-order valence-corrected chi connectivity index (χ3v) is 4.03. The Bertz CT molecular complexity index is 571. The summed E-state index contributed by atoms with van der Waals surface area (Å²) in [7, 11) is 0. The molecule has 1 heterocycles. The van der Waals surface area contributed by atoms with Gasteiger partial charge in [0, 0.05) is 36.2 Å². The topological polar surface area (TPSA) is 37.3 Å². The molecule has 4 heteroatoms. The Labute approximate surface area is 132 Å². The van der Waals surface area contributed by atoms with Crippen molar-refractivity contribution in [1.82, 2.24) is 14.8 Å². The van der Waals surface area contributed by atoms with Crippen LogP contribution in [0.5, 0.6) is 0 Å². The van der Waals surface area contributed by atoms with E-state index < -0.39 is 0 Å². The predicted octanol–water partition coefficient (Wildman–Crippen LogP) is 2.94. The van der Waals surface area contributed by atoms with E-state index in [0.717, 1.165) is 18.8 Å². The fraction of sp³-hybridized carbons (Fsp3) is 0.389. The minimum absolute atomic E-state index is 0.0157. The number of aromatic nitrogens is 1. The second-order valence-electron chi connectivity index (χ2n) is 5.42. The summed E-state index contributed by atoms with van der Waals surface area (Å²) in [6.07, 6.45) is 3.97. The molecule has 1 unspecified atom stereocenters. The highest BCUT2D eigenvalue weighted by molar-refractivity contribution is 5.94. The van der Waals surface area contributed by atoms with Crippen molar-refractivity contribution in [3.05, 3.63) is 54.4 Å². The Morgan fingerprint density at radius 2 is 1.73 bits per heavy atom. The first-order valence-electron chi connectivity index (χ1n) is 7.91. The van der Waals surface area contributed by atoms with Crippen LogP contribution in [0.1, 0.15) is 31.1 Å². The lowest BCUT2D eigenvalue weighted by Crippen LogP contribution is -2.42. The van der Waals surface area contributed by atoms with Gasteiger partial charge in [0.25, 0.3) is 5.91 Å². The van der Waals surface area contributed by atoms with Crippen molar-refractivity contribution in [2.24, 2.45) is 0 Å². The standard InChI is InChI=1S/C18H25N3O/c1-4-20(5-2)15(3)14-19-18(22)16-8-10-17(11-9-16)21-12-6-7-13-21/h6-13,15H,4-5,14H2,1-3H3,(H,19,22). The monoisotopic (exact) mass is 299 g/mol. The van der Waals surface area contributed by atoms with Crippen molar-refractivity contribution in [3.8, 4) is 5.69 Å². The molecule has 0 aliphatic rings. The second-order valence-corrected chi connectivity index (χ2v) is 5.42. The molecule has 1 N–H and O–H groups in total. The van der Waals surface area contributed by atoms with E-state index >= 15 is 0 Å². The Morgan fingerprint density at radius 1 is 1.14 bits per heavy atom. The van der Waals surface area contributed by atoms with Crippen LogP contribution in [0, 0.1) is 0 Å². The van der Waals surface area contributed by atoms with E-state index in [1.165, 1.54) is 0 Å². The molecule has 2 aromatic rings. The van der Waals surface area contributed by atoms with Gasteiger partial charge in [-0.1, -0.05) is 13.8 Å². The highest BCUT2D eigenvalue weighted by atomic mass is 16.1. The minimum Gasteiger partial charge on any atom is -0.350 e. The third kappa shape index (κ3) is 3.98. The van der Waals surface area contributed by atoms with Crippen molar-refractivity contribution in [2.45, 2.75) is 26.8 Å². The van der Waals surface area contributed by atoms with Crippen molar-refractivity contribution < 1.29 is 4.79 Å². The molecule has 0 fully saturated rings. The van der Waals surface area contributed by atoms with Crippen LogP contribution in [0.2, 0.25) is 0 Å². The van der Waals surface area contributed by atoms with Gasteiger partial charge >= 0.3 is 0 Å². The van der Waals surface area contributed by atoms with Gasteiger partial charge in [-0.3, -0.25) is 9.69 Å². The molecule has 1 atom stereocenters. The molecule has 118 valence electrons. The van der Waals surface area contributed by atoms with Crippen LogP contribution in [0.3, 0.4) is 0 Å². The molecular formula is C18H25N3O. The van der Waals surface area contributed by atoms with Gasteiger partial charge in [-0.2, -0.15) is 0 Å². The summed E-state index contributed by atoms with van der Waals surface area (Å²) in [4.78, 5) is 14.5. The molecule has 0 aliphatic heterocycles. The van der Waals surface area contributed by atoms with Crippen LogP contribution in [-0.4, -0.2) is 41.1 Å².